The number of hydrogen-bond donors (Lipinski definition) is 0. The molecule has 0 amide bonds. The minimum atomic E-state index is -0.268. The highest BCUT2D eigenvalue weighted by Crippen LogP contribution is 2.17. The van der Waals surface area contributed by atoms with Gasteiger partial charge >= 0.3 is 5.97 Å². The molecular weight excluding hydrogens is 152 g/mol. The van der Waals surface area contributed by atoms with Crippen LogP contribution in [-0.2, 0) is 11.2 Å². The number of carbonyl (C=O) groups is 1. The predicted octanol–water partition coefficient (Wildman–Crippen LogP) is 2.17. The number of ether oxygens (including phenoxy) is 1. The quantitative estimate of drug-likeness (QED) is 0.494. The van der Waals surface area contributed by atoms with Crippen molar-refractivity contribution in [2.45, 2.75) is 20.3 Å². The third kappa shape index (κ3) is 2.09. The van der Waals surface area contributed by atoms with Crippen LogP contribution >= 0.6 is 0 Å². The lowest BCUT2D eigenvalue weighted by atomic mass is 10.1. The standard InChI is InChI=1S/C10H12O2/c1-3-9-6-4-5-7-10(9)12-8(2)11/h4-7H,3H2,1-2H3. The predicted molar refractivity (Wildman–Crippen MR) is 47.1 cm³/mol. The summed E-state index contributed by atoms with van der Waals surface area (Å²) in [5.41, 5.74) is 1.06. The minimum Gasteiger partial charge on any atom is -0.426 e. The first-order valence-corrected chi connectivity index (χ1v) is 4.00. The van der Waals surface area contributed by atoms with E-state index in [4.69, 9.17) is 4.74 Å². The molecule has 0 saturated carbocycles. The summed E-state index contributed by atoms with van der Waals surface area (Å²) in [5, 5.41) is 0. The molecular formula is C10H12O2. The summed E-state index contributed by atoms with van der Waals surface area (Å²) in [7, 11) is 0. The number of hydrogen-bond acceptors (Lipinski definition) is 2. The van der Waals surface area contributed by atoms with Crippen molar-refractivity contribution >= 4 is 5.97 Å². The first kappa shape index (κ1) is 8.78. The van der Waals surface area contributed by atoms with Gasteiger partial charge in [0.1, 0.15) is 5.75 Å². The molecule has 0 aliphatic rings. The summed E-state index contributed by atoms with van der Waals surface area (Å²) >= 11 is 0. The molecule has 0 spiro atoms. The molecule has 0 aliphatic heterocycles. The molecule has 0 unspecified atom stereocenters. The first-order chi connectivity index (χ1) is 5.74. The Kier molecular flexibility index (Phi) is 2.86. The Morgan fingerprint density at radius 1 is 1.42 bits per heavy atom. The molecule has 2 nitrogen and oxygen atoms in total. The van der Waals surface area contributed by atoms with Crippen LogP contribution in [0.3, 0.4) is 0 Å². The Labute approximate surface area is 72.2 Å². The molecule has 0 heterocycles. The third-order valence-corrected chi connectivity index (χ3v) is 1.61. The molecule has 12 heavy (non-hydrogen) atoms. The molecule has 0 N–H and O–H groups in total. The van der Waals surface area contributed by atoms with Crippen molar-refractivity contribution in [1.29, 1.82) is 0 Å². The fourth-order valence-electron chi connectivity index (χ4n) is 1.05. The maximum absolute atomic E-state index is 10.7. The molecule has 0 atom stereocenters. The van der Waals surface area contributed by atoms with E-state index < -0.39 is 0 Å². The maximum Gasteiger partial charge on any atom is 0.308 e. The van der Waals surface area contributed by atoms with Gasteiger partial charge in [-0.1, -0.05) is 25.1 Å². The van der Waals surface area contributed by atoms with Gasteiger partial charge in [-0.3, -0.25) is 4.79 Å². The van der Waals surface area contributed by atoms with Gasteiger partial charge < -0.3 is 4.74 Å². The first-order valence-electron chi connectivity index (χ1n) is 4.00. The Hall–Kier alpha value is -1.31. The highest BCUT2D eigenvalue weighted by Gasteiger charge is 2.01. The van der Waals surface area contributed by atoms with Gasteiger partial charge in [0.25, 0.3) is 0 Å². The van der Waals surface area contributed by atoms with Crippen LogP contribution in [0.25, 0.3) is 0 Å². The number of carbonyl (C=O) groups excluding carboxylic acids is 1. The van der Waals surface area contributed by atoms with E-state index in [1.807, 2.05) is 25.1 Å². The van der Waals surface area contributed by atoms with Crippen LogP contribution in [0.2, 0.25) is 0 Å². The van der Waals surface area contributed by atoms with Gasteiger partial charge in [0, 0.05) is 6.92 Å². The summed E-state index contributed by atoms with van der Waals surface area (Å²) in [5.74, 6) is 0.406. The van der Waals surface area contributed by atoms with Crippen LogP contribution in [0.5, 0.6) is 5.75 Å². The van der Waals surface area contributed by atoms with E-state index in [1.165, 1.54) is 6.92 Å². The van der Waals surface area contributed by atoms with Gasteiger partial charge in [0.05, 0.1) is 0 Å². The summed E-state index contributed by atoms with van der Waals surface area (Å²) < 4.78 is 5.00. The second-order valence-corrected chi connectivity index (χ2v) is 2.55. The van der Waals surface area contributed by atoms with E-state index in [1.54, 1.807) is 6.07 Å². The summed E-state index contributed by atoms with van der Waals surface area (Å²) in [6.45, 7) is 3.44. The second-order valence-electron chi connectivity index (χ2n) is 2.55. The zero-order valence-electron chi connectivity index (χ0n) is 7.33. The van der Waals surface area contributed by atoms with E-state index >= 15 is 0 Å². The van der Waals surface area contributed by atoms with Gasteiger partial charge in [0.15, 0.2) is 0 Å². The van der Waals surface area contributed by atoms with Gasteiger partial charge in [-0.2, -0.15) is 0 Å². The van der Waals surface area contributed by atoms with E-state index in [0.29, 0.717) is 5.75 Å². The Bertz CT molecular complexity index is 279. The molecule has 2 heteroatoms. The van der Waals surface area contributed by atoms with Gasteiger partial charge in [0.2, 0.25) is 0 Å². The lowest BCUT2D eigenvalue weighted by molar-refractivity contribution is -0.131. The van der Waals surface area contributed by atoms with E-state index in [0.717, 1.165) is 12.0 Å². The summed E-state index contributed by atoms with van der Waals surface area (Å²) in [6.07, 6.45) is 0.878. The molecule has 0 saturated heterocycles. The largest absolute Gasteiger partial charge is 0.426 e. The van der Waals surface area contributed by atoms with E-state index in [9.17, 15) is 4.79 Å². The monoisotopic (exact) mass is 164 g/mol. The second kappa shape index (κ2) is 3.90. The van der Waals surface area contributed by atoms with Crippen molar-refractivity contribution in [3.63, 3.8) is 0 Å². The average molecular weight is 164 g/mol. The Morgan fingerprint density at radius 3 is 2.67 bits per heavy atom. The molecule has 0 aromatic heterocycles. The van der Waals surface area contributed by atoms with Crippen molar-refractivity contribution in [2.75, 3.05) is 0 Å². The van der Waals surface area contributed by atoms with Crippen LogP contribution in [0, 0.1) is 0 Å². The van der Waals surface area contributed by atoms with Gasteiger partial charge in [-0.05, 0) is 18.1 Å². The number of benzene rings is 1. The van der Waals surface area contributed by atoms with Crippen LogP contribution in [0.4, 0.5) is 0 Å². The number of aryl methyl sites for hydroxylation is 1. The van der Waals surface area contributed by atoms with Crippen LogP contribution in [-0.4, -0.2) is 5.97 Å². The van der Waals surface area contributed by atoms with Crippen molar-refractivity contribution in [2.24, 2.45) is 0 Å². The highest BCUT2D eigenvalue weighted by atomic mass is 16.5. The summed E-state index contributed by atoms with van der Waals surface area (Å²) in [6, 6.07) is 7.56. The summed E-state index contributed by atoms with van der Waals surface area (Å²) in [4.78, 5) is 10.7. The molecule has 0 aliphatic carbocycles. The zero-order valence-corrected chi connectivity index (χ0v) is 7.33. The lowest BCUT2D eigenvalue weighted by Crippen LogP contribution is -2.03. The topological polar surface area (TPSA) is 26.3 Å². The minimum absolute atomic E-state index is 0.268. The molecule has 1 aromatic carbocycles. The Morgan fingerprint density at radius 2 is 2.08 bits per heavy atom. The van der Waals surface area contributed by atoms with Crippen molar-refractivity contribution < 1.29 is 9.53 Å². The normalized spacial score (nSPS) is 9.50. The van der Waals surface area contributed by atoms with Crippen molar-refractivity contribution in [1.82, 2.24) is 0 Å². The smallest absolute Gasteiger partial charge is 0.308 e. The van der Waals surface area contributed by atoms with Crippen molar-refractivity contribution in [3.05, 3.63) is 29.8 Å². The zero-order chi connectivity index (χ0) is 8.97. The average Bonchev–Trinajstić information content (AvgIpc) is 2.04. The molecule has 0 radical (unpaired) electrons. The van der Waals surface area contributed by atoms with Gasteiger partial charge in [-0.15, -0.1) is 0 Å². The van der Waals surface area contributed by atoms with Crippen LogP contribution in [0.15, 0.2) is 24.3 Å². The molecule has 0 bridgehead atoms. The fraction of sp³-hybridized carbons (Fsp3) is 0.300. The number of para-hydroxylation sites is 1. The van der Waals surface area contributed by atoms with Gasteiger partial charge in [-0.25, -0.2) is 0 Å². The van der Waals surface area contributed by atoms with E-state index in [-0.39, 0.29) is 5.97 Å². The molecule has 64 valence electrons. The van der Waals surface area contributed by atoms with Crippen molar-refractivity contribution in [3.8, 4) is 5.75 Å². The molecule has 1 aromatic rings. The lowest BCUT2D eigenvalue weighted by Gasteiger charge is -2.05. The maximum atomic E-state index is 10.7. The van der Waals surface area contributed by atoms with E-state index in [2.05, 4.69) is 0 Å². The molecule has 1 rings (SSSR count). The number of esters is 1. The highest BCUT2D eigenvalue weighted by molar-refractivity contribution is 5.69. The fourth-order valence-corrected chi connectivity index (χ4v) is 1.05. The third-order valence-electron chi connectivity index (χ3n) is 1.61. The molecule has 0 fully saturated rings. The van der Waals surface area contributed by atoms with Crippen LogP contribution in [0.1, 0.15) is 19.4 Å². The van der Waals surface area contributed by atoms with Crippen LogP contribution < -0.4 is 4.74 Å². The Balaban J connectivity index is 2.89. The number of rotatable bonds is 2. The SMILES string of the molecule is CCc1ccccc1OC(C)=O.